The Kier molecular flexibility index (Phi) is 5.15. The van der Waals surface area contributed by atoms with Crippen LogP contribution in [0.5, 0.6) is 5.75 Å². The van der Waals surface area contributed by atoms with Gasteiger partial charge in [0.15, 0.2) is 0 Å². The molecule has 1 N–H and O–H groups in total. The third-order valence-corrected chi connectivity index (χ3v) is 4.16. The fourth-order valence-corrected chi connectivity index (χ4v) is 2.88. The van der Waals surface area contributed by atoms with Crippen LogP contribution in [0.3, 0.4) is 0 Å². The van der Waals surface area contributed by atoms with Crippen molar-refractivity contribution in [3.05, 3.63) is 23.3 Å². The first-order valence-electron chi connectivity index (χ1n) is 6.95. The summed E-state index contributed by atoms with van der Waals surface area (Å²) in [5, 5.41) is 19.2. The SMILES string of the molecule is CC(C)(C)c1cc(SCCC#N)cc(C(C)(C)C)c1O. The maximum absolute atomic E-state index is 10.6. The molecule has 0 amide bonds. The summed E-state index contributed by atoms with van der Waals surface area (Å²) in [6.45, 7) is 12.7. The number of hydrogen-bond acceptors (Lipinski definition) is 3. The number of benzene rings is 1. The van der Waals surface area contributed by atoms with E-state index in [2.05, 4.69) is 59.7 Å². The number of thioether (sulfide) groups is 1. The molecule has 0 saturated carbocycles. The fraction of sp³-hybridized carbons (Fsp3) is 0.588. The molecule has 1 rings (SSSR count). The van der Waals surface area contributed by atoms with Gasteiger partial charge in [0.1, 0.15) is 5.75 Å². The Morgan fingerprint density at radius 3 is 1.85 bits per heavy atom. The molecule has 0 bridgehead atoms. The summed E-state index contributed by atoms with van der Waals surface area (Å²) in [5.74, 6) is 1.20. The summed E-state index contributed by atoms with van der Waals surface area (Å²) in [4.78, 5) is 1.13. The number of rotatable bonds is 3. The van der Waals surface area contributed by atoms with E-state index in [4.69, 9.17) is 5.26 Å². The zero-order chi connectivity index (χ0) is 15.6. The van der Waals surface area contributed by atoms with Gasteiger partial charge in [0.05, 0.1) is 6.07 Å². The molecule has 0 aliphatic heterocycles. The topological polar surface area (TPSA) is 44.0 Å². The van der Waals surface area contributed by atoms with Crippen LogP contribution in [-0.2, 0) is 10.8 Å². The van der Waals surface area contributed by atoms with Crippen molar-refractivity contribution in [1.82, 2.24) is 0 Å². The lowest BCUT2D eigenvalue weighted by Crippen LogP contribution is -2.17. The van der Waals surface area contributed by atoms with E-state index in [-0.39, 0.29) is 10.8 Å². The average Bonchev–Trinajstić information content (AvgIpc) is 2.28. The van der Waals surface area contributed by atoms with E-state index in [0.29, 0.717) is 12.2 Å². The molecule has 0 spiro atoms. The van der Waals surface area contributed by atoms with Gasteiger partial charge in [-0.1, -0.05) is 41.5 Å². The predicted molar refractivity (Wildman–Crippen MR) is 86.5 cm³/mol. The van der Waals surface area contributed by atoms with Gasteiger partial charge in [-0.25, -0.2) is 0 Å². The first-order valence-corrected chi connectivity index (χ1v) is 7.93. The molecule has 0 heterocycles. The van der Waals surface area contributed by atoms with E-state index < -0.39 is 0 Å². The smallest absolute Gasteiger partial charge is 0.123 e. The van der Waals surface area contributed by atoms with Gasteiger partial charge in [0, 0.05) is 28.2 Å². The number of nitriles is 1. The lowest BCUT2D eigenvalue weighted by molar-refractivity contribution is 0.422. The summed E-state index contributed by atoms with van der Waals surface area (Å²) < 4.78 is 0. The minimum absolute atomic E-state index is 0.101. The number of phenols is 1. The van der Waals surface area contributed by atoms with Crippen LogP contribution >= 0.6 is 11.8 Å². The van der Waals surface area contributed by atoms with Crippen molar-refractivity contribution in [2.45, 2.75) is 63.7 Å². The lowest BCUT2D eigenvalue weighted by Gasteiger charge is -2.28. The third-order valence-electron chi connectivity index (χ3n) is 3.18. The molecular weight excluding hydrogens is 266 g/mol. The second-order valence-electron chi connectivity index (χ2n) is 7.12. The maximum Gasteiger partial charge on any atom is 0.123 e. The van der Waals surface area contributed by atoms with Crippen LogP contribution in [0.2, 0.25) is 0 Å². The first kappa shape index (κ1) is 16.9. The second kappa shape index (κ2) is 6.10. The molecule has 0 aromatic heterocycles. The molecule has 0 fully saturated rings. The molecule has 0 atom stereocenters. The summed E-state index contributed by atoms with van der Waals surface area (Å²) in [6, 6.07) is 6.29. The lowest BCUT2D eigenvalue weighted by atomic mass is 9.79. The van der Waals surface area contributed by atoms with Gasteiger partial charge in [0.2, 0.25) is 0 Å². The van der Waals surface area contributed by atoms with E-state index >= 15 is 0 Å². The molecule has 3 heteroatoms. The molecule has 0 saturated heterocycles. The highest BCUT2D eigenvalue weighted by Gasteiger charge is 2.26. The van der Waals surface area contributed by atoms with Gasteiger partial charge < -0.3 is 5.11 Å². The number of phenolic OH excluding ortho intramolecular Hbond substituents is 1. The summed E-state index contributed by atoms with van der Waals surface area (Å²) in [6.07, 6.45) is 0.543. The summed E-state index contributed by atoms with van der Waals surface area (Å²) in [5.41, 5.74) is 1.75. The van der Waals surface area contributed by atoms with Crippen LogP contribution in [0.4, 0.5) is 0 Å². The van der Waals surface area contributed by atoms with Crippen molar-refractivity contribution in [1.29, 1.82) is 5.26 Å². The van der Waals surface area contributed by atoms with Crippen molar-refractivity contribution in [2.24, 2.45) is 0 Å². The Morgan fingerprint density at radius 2 is 1.50 bits per heavy atom. The molecule has 0 unspecified atom stereocenters. The molecule has 110 valence electrons. The quantitative estimate of drug-likeness (QED) is 0.630. The van der Waals surface area contributed by atoms with Crippen molar-refractivity contribution < 1.29 is 5.11 Å². The van der Waals surface area contributed by atoms with E-state index in [0.717, 1.165) is 21.8 Å². The maximum atomic E-state index is 10.6. The van der Waals surface area contributed by atoms with E-state index in [1.54, 1.807) is 11.8 Å². The van der Waals surface area contributed by atoms with Gasteiger partial charge >= 0.3 is 0 Å². The van der Waals surface area contributed by atoms with Gasteiger partial charge in [-0.15, -0.1) is 11.8 Å². The molecule has 1 aromatic carbocycles. The Balaban J connectivity index is 3.32. The minimum Gasteiger partial charge on any atom is -0.507 e. The molecule has 2 nitrogen and oxygen atoms in total. The third kappa shape index (κ3) is 4.18. The highest BCUT2D eigenvalue weighted by molar-refractivity contribution is 7.99. The number of nitrogens with zero attached hydrogens (tertiary/aromatic N) is 1. The number of aromatic hydroxyl groups is 1. The Bertz CT molecular complexity index is 480. The normalized spacial score (nSPS) is 12.2. The molecular formula is C17H25NOS. The van der Waals surface area contributed by atoms with E-state index in [9.17, 15) is 5.11 Å². The second-order valence-corrected chi connectivity index (χ2v) is 8.29. The largest absolute Gasteiger partial charge is 0.507 e. The zero-order valence-electron chi connectivity index (χ0n) is 13.4. The van der Waals surface area contributed by atoms with Gasteiger partial charge in [-0.3, -0.25) is 0 Å². The minimum atomic E-state index is -0.101. The van der Waals surface area contributed by atoms with Crippen molar-refractivity contribution in [2.75, 3.05) is 5.75 Å². The van der Waals surface area contributed by atoms with Crippen molar-refractivity contribution >= 4 is 11.8 Å². The first-order chi connectivity index (χ1) is 9.07. The molecule has 0 aliphatic carbocycles. The fourth-order valence-electron chi connectivity index (χ4n) is 2.05. The standard InChI is InChI=1S/C17H25NOS/c1-16(2,3)13-10-12(20-9-7-8-18)11-14(15(13)19)17(4,5)6/h10-11,19H,7,9H2,1-6H3. The van der Waals surface area contributed by atoms with Crippen LogP contribution in [0.15, 0.2) is 17.0 Å². The monoisotopic (exact) mass is 291 g/mol. The molecule has 1 aromatic rings. The highest BCUT2D eigenvalue weighted by atomic mass is 32.2. The van der Waals surface area contributed by atoms with Crippen LogP contribution in [0, 0.1) is 11.3 Å². The summed E-state index contributed by atoms with van der Waals surface area (Å²) in [7, 11) is 0. The van der Waals surface area contributed by atoms with Gasteiger partial charge in [-0.2, -0.15) is 5.26 Å². The molecule has 0 aliphatic rings. The van der Waals surface area contributed by atoms with E-state index in [1.807, 2.05) is 0 Å². The molecule has 20 heavy (non-hydrogen) atoms. The Morgan fingerprint density at radius 1 is 1.05 bits per heavy atom. The summed E-state index contributed by atoms with van der Waals surface area (Å²) >= 11 is 1.68. The van der Waals surface area contributed by atoms with Crippen LogP contribution in [0.25, 0.3) is 0 Å². The zero-order valence-corrected chi connectivity index (χ0v) is 14.2. The number of hydrogen-bond donors (Lipinski definition) is 1. The Labute approximate surface area is 127 Å². The van der Waals surface area contributed by atoms with Crippen LogP contribution in [0.1, 0.15) is 59.1 Å². The van der Waals surface area contributed by atoms with Crippen molar-refractivity contribution in [3.8, 4) is 11.8 Å². The average molecular weight is 291 g/mol. The predicted octanol–water partition coefficient (Wildman–Crippen LogP) is 4.99. The highest BCUT2D eigenvalue weighted by Crippen LogP contribution is 2.41. The van der Waals surface area contributed by atoms with Crippen LogP contribution < -0.4 is 0 Å². The van der Waals surface area contributed by atoms with Crippen LogP contribution in [-0.4, -0.2) is 10.9 Å². The van der Waals surface area contributed by atoms with Gasteiger partial charge in [0.25, 0.3) is 0 Å². The van der Waals surface area contributed by atoms with E-state index in [1.165, 1.54) is 0 Å². The Hall–Kier alpha value is -1.14. The molecule has 0 radical (unpaired) electrons. The van der Waals surface area contributed by atoms with Gasteiger partial charge in [-0.05, 0) is 23.0 Å². The van der Waals surface area contributed by atoms with Crippen molar-refractivity contribution in [3.63, 3.8) is 0 Å².